The molecule has 0 amide bonds. The lowest BCUT2D eigenvalue weighted by Gasteiger charge is -2.53. The lowest BCUT2D eigenvalue weighted by molar-refractivity contribution is -0.0345. The summed E-state index contributed by atoms with van der Waals surface area (Å²) in [4.78, 5) is 5.21. The summed E-state index contributed by atoms with van der Waals surface area (Å²) in [5, 5.41) is 3.46. The van der Waals surface area contributed by atoms with Crippen molar-refractivity contribution in [3.05, 3.63) is 0 Å². The van der Waals surface area contributed by atoms with Crippen LogP contribution in [0, 0.1) is 11.3 Å². The van der Waals surface area contributed by atoms with Gasteiger partial charge in [0.05, 0.1) is 0 Å². The zero-order valence-electron chi connectivity index (χ0n) is 11.2. The molecule has 98 valence electrons. The van der Waals surface area contributed by atoms with Gasteiger partial charge in [0.2, 0.25) is 0 Å². The summed E-state index contributed by atoms with van der Waals surface area (Å²) in [6.07, 6.45) is 5.68. The van der Waals surface area contributed by atoms with Crippen LogP contribution in [-0.2, 0) is 0 Å². The molecule has 3 aliphatic heterocycles. The third-order valence-electron chi connectivity index (χ3n) is 5.10. The number of piperidine rings is 2. The number of nitrogens with one attached hydrogen (secondary N) is 1. The van der Waals surface area contributed by atoms with Crippen molar-refractivity contribution in [1.29, 1.82) is 0 Å². The molecule has 3 rings (SSSR count). The molecule has 3 saturated heterocycles. The Labute approximate surface area is 106 Å². The first-order valence-corrected chi connectivity index (χ1v) is 7.37. The molecule has 1 N–H and O–H groups in total. The first-order valence-electron chi connectivity index (χ1n) is 7.37. The average Bonchev–Trinajstić information content (AvgIpc) is 2.32. The zero-order chi connectivity index (χ0) is 11.7. The van der Waals surface area contributed by atoms with Crippen LogP contribution in [0.25, 0.3) is 0 Å². The highest BCUT2D eigenvalue weighted by atomic mass is 15.2. The maximum absolute atomic E-state index is 3.46. The van der Waals surface area contributed by atoms with Crippen molar-refractivity contribution in [3.63, 3.8) is 0 Å². The van der Waals surface area contributed by atoms with Crippen LogP contribution in [-0.4, -0.2) is 62.7 Å². The minimum atomic E-state index is 0.722. The second kappa shape index (κ2) is 4.87. The lowest BCUT2D eigenvalue weighted by Crippen LogP contribution is -2.59. The monoisotopic (exact) mass is 237 g/mol. The SMILES string of the molecule is CN1CC2(CCN(CC3CCNCC3)CC2)C1. The number of likely N-dealkylation sites (tertiary alicyclic amines) is 2. The maximum atomic E-state index is 3.46. The van der Waals surface area contributed by atoms with Gasteiger partial charge in [0.25, 0.3) is 0 Å². The predicted molar refractivity (Wildman–Crippen MR) is 71.2 cm³/mol. The molecule has 0 unspecified atom stereocenters. The molecule has 0 aromatic carbocycles. The molecular formula is C14H27N3. The summed E-state index contributed by atoms with van der Waals surface area (Å²) >= 11 is 0. The maximum Gasteiger partial charge on any atom is 0.00484 e. The molecule has 17 heavy (non-hydrogen) atoms. The molecule has 3 nitrogen and oxygen atoms in total. The van der Waals surface area contributed by atoms with E-state index in [-0.39, 0.29) is 0 Å². The molecule has 0 aromatic rings. The van der Waals surface area contributed by atoms with E-state index >= 15 is 0 Å². The second-order valence-electron chi connectivity index (χ2n) is 6.67. The Hall–Kier alpha value is -0.120. The van der Waals surface area contributed by atoms with Crippen LogP contribution in [0.4, 0.5) is 0 Å². The molecule has 0 atom stereocenters. The summed E-state index contributed by atoms with van der Waals surface area (Å²) in [5.41, 5.74) is 0.722. The van der Waals surface area contributed by atoms with E-state index in [0.29, 0.717) is 0 Å². The van der Waals surface area contributed by atoms with Crippen LogP contribution in [0.2, 0.25) is 0 Å². The van der Waals surface area contributed by atoms with Crippen molar-refractivity contribution in [2.24, 2.45) is 11.3 Å². The van der Waals surface area contributed by atoms with E-state index in [2.05, 4.69) is 22.2 Å². The molecule has 3 fully saturated rings. The number of hydrogen-bond acceptors (Lipinski definition) is 3. The predicted octanol–water partition coefficient (Wildman–Crippen LogP) is 1.01. The van der Waals surface area contributed by atoms with E-state index in [4.69, 9.17) is 0 Å². The van der Waals surface area contributed by atoms with Crippen molar-refractivity contribution in [2.45, 2.75) is 25.7 Å². The van der Waals surface area contributed by atoms with Crippen molar-refractivity contribution in [1.82, 2.24) is 15.1 Å². The number of nitrogens with zero attached hydrogens (tertiary/aromatic N) is 2. The summed E-state index contributed by atoms with van der Waals surface area (Å²) in [6, 6.07) is 0. The van der Waals surface area contributed by atoms with E-state index < -0.39 is 0 Å². The van der Waals surface area contributed by atoms with Gasteiger partial charge >= 0.3 is 0 Å². The smallest absolute Gasteiger partial charge is 0.00484 e. The Morgan fingerprint density at radius 2 is 1.76 bits per heavy atom. The van der Waals surface area contributed by atoms with Gasteiger partial charge in [-0.25, -0.2) is 0 Å². The zero-order valence-corrected chi connectivity index (χ0v) is 11.2. The quantitative estimate of drug-likeness (QED) is 0.773. The fourth-order valence-corrected chi connectivity index (χ4v) is 4.05. The van der Waals surface area contributed by atoms with Gasteiger partial charge in [0.1, 0.15) is 0 Å². The third kappa shape index (κ3) is 2.67. The molecule has 0 aliphatic carbocycles. The lowest BCUT2D eigenvalue weighted by atomic mass is 9.72. The topological polar surface area (TPSA) is 18.5 Å². The van der Waals surface area contributed by atoms with Crippen molar-refractivity contribution >= 4 is 0 Å². The van der Waals surface area contributed by atoms with Crippen LogP contribution in [0.5, 0.6) is 0 Å². The van der Waals surface area contributed by atoms with E-state index in [1.54, 1.807) is 0 Å². The largest absolute Gasteiger partial charge is 0.317 e. The van der Waals surface area contributed by atoms with E-state index in [1.807, 2.05) is 0 Å². The van der Waals surface area contributed by atoms with Crippen LogP contribution >= 0.6 is 0 Å². The van der Waals surface area contributed by atoms with Gasteiger partial charge in [-0.3, -0.25) is 0 Å². The summed E-state index contributed by atoms with van der Waals surface area (Å²) in [5.74, 6) is 0.967. The molecule has 0 radical (unpaired) electrons. The highest BCUT2D eigenvalue weighted by Crippen LogP contribution is 2.39. The summed E-state index contributed by atoms with van der Waals surface area (Å²) in [7, 11) is 2.26. The first kappa shape index (κ1) is 11.9. The number of rotatable bonds is 2. The molecule has 1 spiro atoms. The first-order chi connectivity index (χ1) is 8.26. The van der Waals surface area contributed by atoms with E-state index in [9.17, 15) is 0 Å². The Morgan fingerprint density at radius 1 is 1.12 bits per heavy atom. The van der Waals surface area contributed by atoms with E-state index in [1.165, 1.54) is 71.5 Å². The van der Waals surface area contributed by atoms with Gasteiger partial charge in [-0.05, 0) is 70.2 Å². The Morgan fingerprint density at radius 3 is 2.35 bits per heavy atom. The van der Waals surface area contributed by atoms with E-state index in [0.717, 1.165) is 11.3 Å². The fourth-order valence-electron chi connectivity index (χ4n) is 4.05. The molecule has 3 heterocycles. The standard InChI is InChI=1S/C14H27N3/c1-16-11-14(12-16)4-8-17(9-5-14)10-13-2-6-15-7-3-13/h13,15H,2-12H2,1H3. The third-order valence-corrected chi connectivity index (χ3v) is 5.10. The summed E-state index contributed by atoms with van der Waals surface area (Å²) in [6.45, 7) is 9.28. The average molecular weight is 237 g/mol. The van der Waals surface area contributed by atoms with Crippen LogP contribution in [0.15, 0.2) is 0 Å². The Bertz CT molecular complexity index is 244. The van der Waals surface area contributed by atoms with Crippen LogP contribution < -0.4 is 5.32 Å². The summed E-state index contributed by atoms with van der Waals surface area (Å²) < 4.78 is 0. The molecule has 3 aliphatic rings. The number of hydrogen-bond donors (Lipinski definition) is 1. The van der Waals surface area contributed by atoms with Gasteiger partial charge in [-0.1, -0.05) is 0 Å². The van der Waals surface area contributed by atoms with Crippen LogP contribution in [0.1, 0.15) is 25.7 Å². The van der Waals surface area contributed by atoms with Gasteiger partial charge in [-0.2, -0.15) is 0 Å². The van der Waals surface area contributed by atoms with Gasteiger partial charge in [0, 0.05) is 19.6 Å². The highest BCUT2D eigenvalue weighted by molar-refractivity contribution is 4.97. The minimum absolute atomic E-state index is 0.722. The molecule has 3 heteroatoms. The normalized spacial score (nSPS) is 31.6. The van der Waals surface area contributed by atoms with Crippen molar-refractivity contribution in [2.75, 3.05) is 52.9 Å². The fraction of sp³-hybridized carbons (Fsp3) is 1.00. The Balaban J connectivity index is 1.42. The molecular weight excluding hydrogens is 210 g/mol. The molecule has 0 bridgehead atoms. The molecule has 0 aromatic heterocycles. The second-order valence-corrected chi connectivity index (χ2v) is 6.67. The van der Waals surface area contributed by atoms with Gasteiger partial charge in [0.15, 0.2) is 0 Å². The van der Waals surface area contributed by atoms with Gasteiger partial charge in [-0.15, -0.1) is 0 Å². The highest BCUT2D eigenvalue weighted by Gasteiger charge is 2.43. The molecule has 0 saturated carbocycles. The van der Waals surface area contributed by atoms with Gasteiger partial charge < -0.3 is 15.1 Å². The minimum Gasteiger partial charge on any atom is -0.317 e. The Kier molecular flexibility index (Phi) is 3.42. The van der Waals surface area contributed by atoms with Crippen molar-refractivity contribution in [3.8, 4) is 0 Å². The van der Waals surface area contributed by atoms with Crippen LogP contribution in [0.3, 0.4) is 0 Å². The van der Waals surface area contributed by atoms with Crippen molar-refractivity contribution < 1.29 is 0 Å².